The van der Waals surface area contributed by atoms with Gasteiger partial charge in [-0.2, -0.15) is 0 Å². The van der Waals surface area contributed by atoms with Crippen molar-refractivity contribution in [3.63, 3.8) is 0 Å². The van der Waals surface area contributed by atoms with Crippen molar-refractivity contribution in [2.45, 2.75) is 12.5 Å². The molecule has 0 amide bonds. The summed E-state index contributed by atoms with van der Waals surface area (Å²) in [4.78, 5) is 10.1. The molecule has 0 bridgehead atoms. The third kappa shape index (κ3) is 2.53. The lowest BCUT2D eigenvalue weighted by molar-refractivity contribution is -0.114. The summed E-state index contributed by atoms with van der Waals surface area (Å²) in [6.45, 7) is 0. The Bertz CT molecular complexity index is 325. The van der Waals surface area contributed by atoms with Crippen LogP contribution in [0.5, 0.6) is 5.75 Å². The van der Waals surface area contributed by atoms with Crippen LogP contribution in [-0.4, -0.2) is 24.6 Å². The van der Waals surface area contributed by atoms with E-state index in [9.17, 15) is 9.18 Å². The summed E-state index contributed by atoms with van der Waals surface area (Å²) >= 11 is 0. The van der Waals surface area contributed by atoms with Gasteiger partial charge in [0.1, 0.15) is 12.4 Å². The second-order valence-corrected chi connectivity index (χ2v) is 2.88. The first kappa shape index (κ1) is 10.7. The molecule has 0 heterocycles. The molecule has 0 radical (unpaired) electrons. The highest BCUT2D eigenvalue weighted by Crippen LogP contribution is 2.18. The molecule has 4 heteroatoms. The Morgan fingerprint density at radius 2 is 2.36 bits per heavy atom. The first-order valence-electron chi connectivity index (χ1n) is 4.13. The van der Waals surface area contributed by atoms with Crippen LogP contribution in [0.1, 0.15) is 5.56 Å². The Morgan fingerprint density at radius 1 is 1.64 bits per heavy atom. The van der Waals surface area contributed by atoms with Gasteiger partial charge in [0.05, 0.1) is 7.11 Å². The fourth-order valence-electron chi connectivity index (χ4n) is 1.13. The molecule has 0 aliphatic heterocycles. The van der Waals surface area contributed by atoms with Gasteiger partial charge >= 0.3 is 0 Å². The average Bonchev–Trinajstić information content (AvgIpc) is 2.18. The van der Waals surface area contributed by atoms with Crippen LogP contribution in [0.3, 0.4) is 0 Å². The lowest BCUT2D eigenvalue weighted by Crippen LogP contribution is -2.11. The molecular weight excluding hydrogens is 187 g/mol. The first-order valence-corrected chi connectivity index (χ1v) is 4.13. The van der Waals surface area contributed by atoms with E-state index in [1.54, 1.807) is 6.07 Å². The summed E-state index contributed by atoms with van der Waals surface area (Å²) in [7, 11) is 1.37. The van der Waals surface area contributed by atoms with Gasteiger partial charge in [0.2, 0.25) is 0 Å². The molecule has 1 aromatic carbocycles. The van der Waals surface area contributed by atoms with E-state index in [0.29, 0.717) is 11.8 Å². The molecule has 3 nitrogen and oxygen atoms in total. The van der Waals surface area contributed by atoms with Crippen molar-refractivity contribution < 1.29 is 19.0 Å². The topological polar surface area (TPSA) is 46.5 Å². The fraction of sp³-hybridized carbons (Fsp3) is 0.300. The largest absolute Gasteiger partial charge is 0.494 e. The average molecular weight is 198 g/mol. The van der Waals surface area contributed by atoms with E-state index in [1.165, 1.54) is 19.2 Å². The number of methoxy groups -OCH3 is 1. The van der Waals surface area contributed by atoms with E-state index >= 15 is 0 Å². The van der Waals surface area contributed by atoms with Crippen molar-refractivity contribution >= 4 is 6.29 Å². The zero-order valence-corrected chi connectivity index (χ0v) is 7.74. The number of rotatable bonds is 4. The predicted molar refractivity (Wildman–Crippen MR) is 48.7 cm³/mol. The number of hydrogen-bond acceptors (Lipinski definition) is 3. The lowest BCUT2D eigenvalue weighted by atomic mass is 10.1. The minimum absolute atomic E-state index is 0.115. The van der Waals surface area contributed by atoms with Crippen LogP contribution >= 0.6 is 0 Å². The van der Waals surface area contributed by atoms with E-state index in [2.05, 4.69) is 0 Å². The van der Waals surface area contributed by atoms with E-state index in [0.717, 1.165) is 0 Å². The van der Waals surface area contributed by atoms with Crippen molar-refractivity contribution in [1.82, 2.24) is 0 Å². The summed E-state index contributed by atoms with van der Waals surface area (Å²) < 4.78 is 17.8. The van der Waals surface area contributed by atoms with Crippen molar-refractivity contribution in [2.24, 2.45) is 0 Å². The maximum absolute atomic E-state index is 13.1. The molecule has 1 aromatic rings. The third-order valence-corrected chi connectivity index (χ3v) is 1.82. The molecule has 1 N–H and O–H groups in total. The molecular formula is C10H11FO3. The number of aliphatic hydroxyl groups is 1. The molecule has 0 aliphatic rings. The van der Waals surface area contributed by atoms with Gasteiger partial charge in [-0.25, -0.2) is 4.39 Å². The summed E-state index contributed by atoms with van der Waals surface area (Å²) in [6.07, 6.45) is -0.546. The summed E-state index contributed by atoms with van der Waals surface area (Å²) in [5, 5.41) is 9.01. The lowest BCUT2D eigenvalue weighted by Gasteiger charge is -2.05. The summed E-state index contributed by atoms with van der Waals surface area (Å²) in [5.74, 6) is -0.350. The smallest absolute Gasteiger partial charge is 0.165 e. The number of halogens is 1. The van der Waals surface area contributed by atoms with Crippen molar-refractivity contribution in [3.05, 3.63) is 29.6 Å². The van der Waals surface area contributed by atoms with Crippen LogP contribution in [0.4, 0.5) is 4.39 Å². The Morgan fingerprint density at radius 3 is 2.86 bits per heavy atom. The Labute approximate surface area is 81.1 Å². The van der Waals surface area contributed by atoms with Crippen LogP contribution in [0.25, 0.3) is 0 Å². The molecule has 1 atom stereocenters. The number of aldehydes is 1. The zero-order valence-electron chi connectivity index (χ0n) is 7.74. The van der Waals surface area contributed by atoms with Gasteiger partial charge in [-0.3, -0.25) is 0 Å². The molecule has 0 spiro atoms. The Balaban J connectivity index is 2.80. The van der Waals surface area contributed by atoms with Crippen LogP contribution < -0.4 is 4.74 Å². The van der Waals surface area contributed by atoms with Crippen LogP contribution in [0, 0.1) is 5.82 Å². The number of benzene rings is 1. The molecule has 1 unspecified atom stereocenters. The SMILES string of the molecule is COc1ccc(CC(O)C=O)cc1F. The second kappa shape index (κ2) is 4.72. The second-order valence-electron chi connectivity index (χ2n) is 2.88. The zero-order chi connectivity index (χ0) is 10.6. The van der Waals surface area contributed by atoms with Crippen LogP contribution in [0.15, 0.2) is 18.2 Å². The molecule has 14 heavy (non-hydrogen) atoms. The maximum Gasteiger partial charge on any atom is 0.165 e. The third-order valence-electron chi connectivity index (χ3n) is 1.82. The number of aliphatic hydroxyl groups excluding tert-OH is 1. The highest BCUT2D eigenvalue weighted by Gasteiger charge is 2.07. The Kier molecular flexibility index (Phi) is 3.59. The molecule has 0 fully saturated rings. The minimum atomic E-state index is -1.08. The monoisotopic (exact) mass is 198 g/mol. The van der Waals surface area contributed by atoms with Gasteiger partial charge in [0.25, 0.3) is 0 Å². The number of carbonyl (C=O) groups excluding carboxylic acids is 1. The quantitative estimate of drug-likeness (QED) is 0.732. The van der Waals surface area contributed by atoms with E-state index in [4.69, 9.17) is 9.84 Å². The Hall–Kier alpha value is -1.42. The first-order chi connectivity index (χ1) is 6.67. The molecule has 76 valence electrons. The fourth-order valence-corrected chi connectivity index (χ4v) is 1.13. The van der Waals surface area contributed by atoms with Gasteiger partial charge in [-0.15, -0.1) is 0 Å². The molecule has 0 aromatic heterocycles. The van der Waals surface area contributed by atoms with Gasteiger partial charge < -0.3 is 14.6 Å². The van der Waals surface area contributed by atoms with Crippen LogP contribution in [0.2, 0.25) is 0 Å². The highest BCUT2D eigenvalue weighted by atomic mass is 19.1. The number of ether oxygens (including phenoxy) is 1. The van der Waals surface area contributed by atoms with E-state index < -0.39 is 11.9 Å². The van der Waals surface area contributed by atoms with E-state index in [1.807, 2.05) is 0 Å². The number of hydrogen-bond donors (Lipinski definition) is 1. The van der Waals surface area contributed by atoms with Gasteiger partial charge in [-0.1, -0.05) is 6.07 Å². The highest BCUT2D eigenvalue weighted by molar-refractivity contribution is 5.56. The van der Waals surface area contributed by atoms with Gasteiger partial charge in [0, 0.05) is 6.42 Å². The van der Waals surface area contributed by atoms with Crippen molar-refractivity contribution in [2.75, 3.05) is 7.11 Å². The maximum atomic E-state index is 13.1. The molecule has 1 rings (SSSR count). The van der Waals surface area contributed by atoms with Gasteiger partial charge in [-0.05, 0) is 17.7 Å². The molecule has 0 saturated heterocycles. The molecule has 0 saturated carbocycles. The van der Waals surface area contributed by atoms with Crippen molar-refractivity contribution in [1.29, 1.82) is 0 Å². The van der Waals surface area contributed by atoms with Crippen LogP contribution in [-0.2, 0) is 11.2 Å². The standard InChI is InChI=1S/C10H11FO3/c1-14-10-3-2-7(5-9(10)11)4-8(13)6-12/h2-3,5-6,8,13H,4H2,1H3. The normalized spacial score (nSPS) is 12.2. The summed E-state index contributed by atoms with van der Waals surface area (Å²) in [5.41, 5.74) is 0.558. The minimum Gasteiger partial charge on any atom is -0.494 e. The number of carbonyl (C=O) groups is 1. The van der Waals surface area contributed by atoms with Crippen molar-refractivity contribution in [3.8, 4) is 5.75 Å². The van der Waals surface area contributed by atoms with E-state index in [-0.39, 0.29) is 12.2 Å². The predicted octanol–water partition coefficient (Wildman–Crippen LogP) is 0.937. The summed E-state index contributed by atoms with van der Waals surface area (Å²) in [6, 6.07) is 4.31. The molecule has 0 aliphatic carbocycles. The van der Waals surface area contributed by atoms with Gasteiger partial charge in [0.15, 0.2) is 11.6 Å².